The Balaban J connectivity index is 1.48. The predicted molar refractivity (Wildman–Crippen MR) is 80.6 cm³/mol. The molecule has 2 amide bonds. The van der Waals surface area contributed by atoms with Gasteiger partial charge in [0.2, 0.25) is 5.92 Å². The standard InChI is InChI=1S/C16H26F2N2O3/c1-12-9-20(10-15(23-12)6-7-22-11-15)14(21)19-8-13-2-4-16(17,18)5-3-13/h12-13H,2-11H2,1H3,(H,19,21)/t12-,15-/m0/s1. The Morgan fingerprint density at radius 1 is 1.30 bits per heavy atom. The molecule has 2 saturated heterocycles. The van der Waals surface area contributed by atoms with Crippen molar-refractivity contribution in [3.63, 3.8) is 0 Å². The summed E-state index contributed by atoms with van der Waals surface area (Å²) in [6.45, 7) is 4.71. The Morgan fingerprint density at radius 2 is 2.04 bits per heavy atom. The maximum atomic E-state index is 13.2. The van der Waals surface area contributed by atoms with Gasteiger partial charge in [0.15, 0.2) is 0 Å². The summed E-state index contributed by atoms with van der Waals surface area (Å²) in [5.74, 6) is -2.37. The van der Waals surface area contributed by atoms with Crippen LogP contribution < -0.4 is 5.32 Å². The summed E-state index contributed by atoms with van der Waals surface area (Å²) in [5.41, 5.74) is -0.373. The third kappa shape index (κ3) is 4.12. The number of morpholine rings is 1. The van der Waals surface area contributed by atoms with Crippen LogP contribution in [-0.2, 0) is 9.47 Å². The normalized spacial score (nSPS) is 34.7. The van der Waals surface area contributed by atoms with Crippen molar-refractivity contribution < 1.29 is 23.0 Å². The Hall–Kier alpha value is -0.950. The van der Waals surface area contributed by atoms with Crippen LogP contribution >= 0.6 is 0 Å². The minimum atomic E-state index is -2.52. The van der Waals surface area contributed by atoms with Crippen molar-refractivity contribution in [1.29, 1.82) is 0 Å². The highest BCUT2D eigenvalue weighted by Gasteiger charge is 2.44. The fourth-order valence-electron chi connectivity index (χ4n) is 3.83. The summed E-state index contributed by atoms with van der Waals surface area (Å²) in [4.78, 5) is 14.2. The number of nitrogens with one attached hydrogen (secondary N) is 1. The number of rotatable bonds is 2. The zero-order valence-electron chi connectivity index (χ0n) is 13.7. The van der Waals surface area contributed by atoms with Crippen molar-refractivity contribution in [2.24, 2.45) is 5.92 Å². The van der Waals surface area contributed by atoms with Gasteiger partial charge in [-0.15, -0.1) is 0 Å². The van der Waals surface area contributed by atoms with E-state index in [1.165, 1.54) is 0 Å². The number of nitrogens with zero attached hydrogens (tertiary/aromatic N) is 1. The van der Waals surface area contributed by atoms with E-state index in [2.05, 4.69) is 5.32 Å². The average molecular weight is 332 g/mol. The second kappa shape index (κ2) is 6.51. The maximum Gasteiger partial charge on any atom is 0.317 e. The fourth-order valence-corrected chi connectivity index (χ4v) is 3.83. The molecule has 0 aromatic carbocycles. The smallest absolute Gasteiger partial charge is 0.317 e. The minimum absolute atomic E-state index is 0.0235. The Kier molecular flexibility index (Phi) is 4.78. The number of halogens is 2. The van der Waals surface area contributed by atoms with Crippen LogP contribution in [0.15, 0.2) is 0 Å². The lowest BCUT2D eigenvalue weighted by Crippen LogP contribution is -2.59. The second-order valence-corrected chi connectivity index (χ2v) is 7.28. The molecule has 1 saturated carbocycles. The third-order valence-corrected chi connectivity index (χ3v) is 5.14. The van der Waals surface area contributed by atoms with E-state index < -0.39 is 5.92 Å². The van der Waals surface area contributed by atoms with Gasteiger partial charge in [-0.3, -0.25) is 0 Å². The summed E-state index contributed by atoms with van der Waals surface area (Å²) < 4.78 is 37.8. The third-order valence-electron chi connectivity index (χ3n) is 5.14. The van der Waals surface area contributed by atoms with Gasteiger partial charge in [0, 0.05) is 39.0 Å². The van der Waals surface area contributed by atoms with E-state index in [1.807, 2.05) is 6.92 Å². The molecule has 23 heavy (non-hydrogen) atoms. The van der Waals surface area contributed by atoms with Crippen LogP contribution in [-0.4, -0.2) is 61.4 Å². The number of hydrogen-bond donors (Lipinski definition) is 1. The molecule has 3 rings (SSSR count). The Bertz CT molecular complexity index is 431. The first-order chi connectivity index (χ1) is 10.9. The largest absolute Gasteiger partial charge is 0.378 e. The summed E-state index contributed by atoms with van der Waals surface area (Å²) in [6.07, 6.45) is 1.60. The molecule has 0 aromatic rings. The van der Waals surface area contributed by atoms with Crippen LogP contribution in [0.25, 0.3) is 0 Å². The molecule has 1 N–H and O–H groups in total. The Morgan fingerprint density at radius 3 is 2.70 bits per heavy atom. The summed E-state index contributed by atoms with van der Waals surface area (Å²) >= 11 is 0. The molecule has 3 aliphatic rings. The molecule has 2 atom stereocenters. The van der Waals surface area contributed by atoms with Crippen molar-refractivity contribution in [1.82, 2.24) is 10.2 Å². The van der Waals surface area contributed by atoms with Gasteiger partial charge in [-0.1, -0.05) is 0 Å². The maximum absolute atomic E-state index is 13.2. The SMILES string of the molecule is C[C@H]1CN(C(=O)NCC2CCC(F)(F)CC2)C[C@]2(CCOC2)O1. The highest BCUT2D eigenvalue weighted by atomic mass is 19.3. The van der Waals surface area contributed by atoms with Gasteiger partial charge in [0.1, 0.15) is 5.60 Å². The number of carbonyl (C=O) groups excluding carboxylic acids is 1. The van der Waals surface area contributed by atoms with E-state index in [4.69, 9.17) is 9.47 Å². The highest BCUT2D eigenvalue weighted by molar-refractivity contribution is 5.74. The fraction of sp³-hybridized carbons (Fsp3) is 0.938. The quantitative estimate of drug-likeness (QED) is 0.845. The molecule has 132 valence electrons. The number of urea groups is 1. The zero-order chi connectivity index (χ0) is 16.5. The van der Waals surface area contributed by atoms with Gasteiger partial charge >= 0.3 is 6.03 Å². The first-order valence-corrected chi connectivity index (χ1v) is 8.54. The van der Waals surface area contributed by atoms with Crippen LogP contribution in [0, 0.1) is 5.92 Å². The summed E-state index contributed by atoms with van der Waals surface area (Å²) in [5, 5.41) is 2.92. The van der Waals surface area contributed by atoms with Crippen LogP contribution in [0.2, 0.25) is 0 Å². The van der Waals surface area contributed by atoms with Gasteiger partial charge in [-0.05, 0) is 25.7 Å². The first kappa shape index (κ1) is 16.9. The number of amides is 2. The van der Waals surface area contributed by atoms with Crippen molar-refractivity contribution in [2.75, 3.05) is 32.8 Å². The average Bonchev–Trinajstić information content (AvgIpc) is 2.92. The van der Waals surface area contributed by atoms with Gasteiger partial charge in [0.05, 0.1) is 19.3 Å². The van der Waals surface area contributed by atoms with E-state index in [0.717, 1.165) is 6.42 Å². The van der Waals surface area contributed by atoms with Crippen molar-refractivity contribution in [3.8, 4) is 0 Å². The number of hydrogen-bond acceptors (Lipinski definition) is 3. The van der Waals surface area contributed by atoms with E-state index >= 15 is 0 Å². The van der Waals surface area contributed by atoms with E-state index in [1.54, 1.807) is 4.90 Å². The molecule has 2 aliphatic heterocycles. The van der Waals surface area contributed by atoms with E-state index in [-0.39, 0.29) is 36.5 Å². The molecule has 1 aliphatic carbocycles. The molecular formula is C16H26F2N2O3. The molecule has 1 spiro atoms. The van der Waals surface area contributed by atoms with Gasteiger partial charge in [-0.25, -0.2) is 13.6 Å². The molecule has 0 aromatic heterocycles. The number of ether oxygens (including phenoxy) is 2. The molecule has 5 nitrogen and oxygen atoms in total. The van der Waals surface area contributed by atoms with Crippen molar-refractivity contribution >= 4 is 6.03 Å². The Labute approximate surface area is 135 Å². The molecule has 3 fully saturated rings. The lowest BCUT2D eigenvalue weighted by molar-refractivity contribution is -0.137. The van der Waals surface area contributed by atoms with Crippen molar-refractivity contribution in [3.05, 3.63) is 0 Å². The van der Waals surface area contributed by atoms with E-state index in [9.17, 15) is 13.6 Å². The molecule has 7 heteroatoms. The van der Waals surface area contributed by atoms with Crippen LogP contribution in [0.1, 0.15) is 39.0 Å². The zero-order valence-corrected chi connectivity index (χ0v) is 13.7. The van der Waals surface area contributed by atoms with Gasteiger partial charge < -0.3 is 19.7 Å². The monoisotopic (exact) mass is 332 g/mol. The van der Waals surface area contributed by atoms with Gasteiger partial charge in [-0.2, -0.15) is 0 Å². The summed E-state index contributed by atoms with van der Waals surface area (Å²) in [7, 11) is 0. The molecule has 2 heterocycles. The predicted octanol–water partition coefficient (Wildman–Crippen LogP) is 2.40. The lowest BCUT2D eigenvalue weighted by Gasteiger charge is -2.42. The molecule has 0 bridgehead atoms. The van der Waals surface area contributed by atoms with E-state index in [0.29, 0.717) is 45.7 Å². The number of carbonyl (C=O) groups is 1. The topological polar surface area (TPSA) is 50.8 Å². The van der Waals surface area contributed by atoms with Crippen molar-refractivity contribution in [2.45, 2.75) is 56.7 Å². The van der Waals surface area contributed by atoms with Crippen LogP contribution in [0.3, 0.4) is 0 Å². The van der Waals surface area contributed by atoms with Crippen LogP contribution in [0.5, 0.6) is 0 Å². The molecule has 0 unspecified atom stereocenters. The van der Waals surface area contributed by atoms with Crippen LogP contribution in [0.4, 0.5) is 13.6 Å². The minimum Gasteiger partial charge on any atom is -0.378 e. The second-order valence-electron chi connectivity index (χ2n) is 7.28. The van der Waals surface area contributed by atoms with Gasteiger partial charge in [0.25, 0.3) is 0 Å². The molecule has 0 radical (unpaired) electrons. The number of alkyl halides is 2. The lowest BCUT2D eigenvalue weighted by atomic mass is 9.87. The first-order valence-electron chi connectivity index (χ1n) is 8.54. The highest BCUT2D eigenvalue weighted by Crippen LogP contribution is 2.36. The summed E-state index contributed by atoms with van der Waals surface area (Å²) in [6, 6.07) is -0.122. The molecular weight excluding hydrogens is 306 g/mol.